The highest BCUT2D eigenvalue weighted by Gasteiger charge is 2.43. The van der Waals surface area contributed by atoms with Crippen molar-refractivity contribution in [1.82, 2.24) is 4.90 Å². The van der Waals surface area contributed by atoms with Crippen LogP contribution in [0.15, 0.2) is 34.7 Å². The number of carbonyl (C=O) groups is 1. The number of carboxylic acid groups (broad SMARTS) is 1. The third-order valence-corrected chi connectivity index (χ3v) is 5.02. The molecule has 1 aromatic rings. The number of rotatable bonds is 4. The number of nitrogens with zero attached hydrogens (tertiary/aromatic N) is 2. The molecule has 1 aliphatic carbocycles. The van der Waals surface area contributed by atoms with Crippen LogP contribution < -0.4 is 4.74 Å². The van der Waals surface area contributed by atoms with E-state index in [0.29, 0.717) is 11.4 Å². The van der Waals surface area contributed by atoms with Gasteiger partial charge in [-0.25, -0.2) is 9.18 Å². The molecule has 2 aliphatic rings. The molecular weight excluding hydrogens is 342 g/mol. The van der Waals surface area contributed by atoms with E-state index in [9.17, 15) is 23.9 Å². The molecule has 0 spiro atoms. The zero-order valence-electron chi connectivity index (χ0n) is 14.6. The fourth-order valence-corrected chi connectivity index (χ4v) is 3.56. The molecule has 1 heterocycles. The molecule has 3 rings (SSSR count). The summed E-state index contributed by atoms with van der Waals surface area (Å²) in [5.74, 6) is -4.79. The van der Waals surface area contributed by atoms with Gasteiger partial charge in [0, 0.05) is 24.0 Å². The molecule has 1 aromatic carbocycles. The zero-order chi connectivity index (χ0) is 19.2. The van der Waals surface area contributed by atoms with Gasteiger partial charge in [-0.3, -0.25) is 0 Å². The van der Waals surface area contributed by atoms with Gasteiger partial charge in [0.05, 0.1) is 30.2 Å². The van der Waals surface area contributed by atoms with E-state index in [-0.39, 0.29) is 28.4 Å². The van der Waals surface area contributed by atoms with Gasteiger partial charge in [0.15, 0.2) is 11.6 Å². The number of hydrogen-bond donors (Lipinski definition) is 1. The molecule has 1 aliphatic heterocycles. The van der Waals surface area contributed by atoms with Gasteiger partial charge in [-0.15, -0.1) is 0 Å². The van der Waals surface area contributed by atoms with Crippen LogP contribution in [0.25, 0.3) is 0 Å². The average molecular weight is 360 g/mol. The van der Waals surface area contributed by atoms with E-state index in [4.69, 9.17) is 4.74 Å². The van der Waals surface area contributed by atoms with Gasteiger partial charge in [-0.05, 0) is 31.7 Å². The summed E-state index contributed by atoms with van der Waals surface area (Å²) in [6.45, 7) is 1.72. The first-order valence-corrected chi connectivity index (χ1v) is 8.17. The van der Waals surface area contributed by atoms with E-state index in [0.717, 1.165) is 18.9 Å². The number of ether oxygens (including phenoxy) is 1. The summed E-state index contributed by atoms with van der Waals surface area (Å²) < 4.78 is 32.9. The Morgan fingerprint density at radius 3 is 2.54 bits per heavy atom. The van der Waals surface area contributed by atoms with Crippen LogP contribution in [0, 0.1) is 28.9 Å². The lowest BCUT2D eigenvalue weighted by atomic mass is 9.79. The molecule has 7 heteroatoms. The van der Waals surface area contributed by atoms with Crippen LogP contribution in [0.1, 0.15) is 31.2 Å². The molecule has 1 unspecified atom stereocenters. The molecule has 0 amide bonds. The van der Waals surface area contributed by atoms with Gasteiger partial charge in [0.25, 0.3) is 0 Å². The maximum absolute atomic E-state index is 14.2. The van der Waals surface area contributed by atoms with Crippen molar-refractivity contribution >= 4 is 5.97 Å². The molecule has 0 radical (unpaired) electrons. The summed E-state index contributed by atoms with van der Waals surface area (Å²) in [6.07, 6.45) is 1.71. The maximum Gasteiger partial charge on any atom is 0.334 e. The number of halogens is 2. The van der Waals surface area contributed by atoms with Gasteiger partial charge >= 0.3 is 5.97 Å². The quantitative estimate of drug-likeness (QED) is 0.889. The van der Waals surface area contributed by atoms with E-state index in [1.807, 2.05) is 0 Å². The summed E-state index contributed by atoms with van der Waals surface area (Å²) in [4.78, 5) is 13.8. The highest BCUT2D eigenvalue weighted by molar-refractivity contribution is 5.92. The SMILES string of the molecule is COc1c(C2C(C#N)=C(C)N(C)C(C3CC3)=C2C(=O)O)ccc(F)c1F. The van der Waals surface area contributed by atoms with Crippen molar-refractivity contribution in [2.75, 3.05) is 14.2 Å². The third-order valence-electron chi connectivity index (χ3n) is 5.02. The molecule has 1 atom stereocenters. The van der Waals surface area contributed by atoms with Gasteiger partial charge in [-0.2, -0.15) is 9.65 Å². The van der Waals surface area contributed by atoms with Gasteiger partial charge in [0.2, 0.25) is 5.82 Å². The molecule has 1 fully saturated rings. The van der Waals surface area contributed by atoms with Crippen molar-refractivity contribution in [2.45, 2.75) is 25.7 Å². The summed E-state index contributed by atoms with van der Waals surface area (Å²) in [5, 5.41) is 19.6. The van der Waals surface area contributed by atoms with Crippen LogP contribution >= 0.6 is 0 Å². The molecule has 0 aromatic heterocycles. The Morgan fingerprint density at radius 1 is 1.38 bits per heavy atom. The second-order valence-electron chi connectivity index (χ2n) is 6.47. The largest absolute Gasteiger partial charge is 0.493 e. The molecule has 26 heavy (non-hydrogen) atoms. The minimum absolute atomic E-state index is 0.0152. The molecular formula is C19H18F2N2O3. The van der Waals surface area contributed by atoms with Crippen molar-refractivity contribution < 1.29 is 23.4 Å². The summed E-state index contributed by atoms with van der Waals surface area (Å²) >= 11 is 0. The normalized spacial score (nSPS) is 20.3. The topological polar surface area (TPSA) is 73.6 Å². The Balaban J connectivity index is 2.34. The monoisotopic (exact) mass is 360 g/mol. The predicted octanol–water partition coefficient (Wildman–Crippen LogP) is 3.55. The number of aliphatic carboxylic acids is 1. The fourth-order valence-electron chi connectivity index (χ4n) is 3.56. The Kier molecular flexibility index (Phi) is 4.45. The molecule has 1 N–H and O–H groups in total. The van der Waals surface area contributed by atoms with Gasteiger partial charge in [-0.1, -0.05) is 6.07 Å². The molecule has 1 saturated carbocycles. The summed E-state index contributed by atoms with van der Waals surface area (Å²) in [6, 6.07) is 4.26. The van der Waals surface area contributed by atoms with E-state index in [1.165, 1.54) is 13.2 Å². The average Bonchev–Trinajstić information content (AvgIpc) is 3.43. The van der Waals surface area contributed by atoms with Crippen LogP contribution in [-0.2, 0) is 4.79 Å². The van der Waals surface area contributed by atoms with Crippen LogP contribution in [0.5, 0.6) is 5.75 Å². The Bertz CT molecular complexity index is 895. The van der Waals surface area contributed by atoms with E-state index >= 15 is 0 Å². The molecule has 136 valence electrons. The number of hydrogen-bond acceptors (Lipinski definition) is 4. The minimum atomic E-state index is -1.20. The first-order chi connectivity index (χ1) is 12.3. The van der Waals surface area contributed by atoms with Crippen molar-refractivity contribution in [3.8, 4) is 11.8 Å². The first-order valence-electron chi connectivity index (χ1n) is 8.17. The van der Waals surface area contributed by atoms with Crippen LogP contribution in [0.4, 0.5) is 8.78 Å². The van der Waals surface area contributed by atoms with Crippen molar-refractivity contribution in [3.05, 3.63) is 51.9 Å². The van der Waals surface area contributed by atoms with Crippen molar-refractivity contribution in [2.24, 2.45) is 5.92 Å². The minimum Gasteiger partial charge on any atom is -0.493 e. The number of nitriles is 1. The molecule has 5 nitrogen and oxygen atoms in total. The van der Waals surface area contributed by atoms with E-state index < -0.39 is 23.5 Å². The summed E-state index contributed by atoms with van der Waals surface area (Å²) in [7, 11) is 2.91. The lowest BCUT2D eigenvalue weighted by Gasteiger charge is -2.35. The van der Waals surface area contributed by atoms with Gasteiger partial charge < -0.3 is 14.7 Å². The highest BCUT2D eigenvalue weighted by Crippen LogP contribution is 2.50. The van der Waals surface area contributed by atoms with Crippen molar-refractivity contribution in [1.29, 1.82) is 5.26 Å². The Hall–Kier alpha value is -2.88. The number of methoxy groups -OCH3 is 1. The number of allylic oxidation sites excluding steroid dienone is 3. The molecule has 0 bridgehead atoms. The smallest absolute Gasteiger partial charge is 0.334 e. The maximum atomic E-state index is 14.2. The predicted molar refractivity (Wildman–Crippen MR) is 89.1 cm³/mol. The second kappa shape index (κ2) is 6.45. The Labute approximate surface area is 149 Å². The van der Waals surface area contributed by atoms with Crippen LogP contribution in [-0.4, -0.2) is 30.1 Å². The lowest BCUT2D eigenvalue weighted by Crippen LogP contribution is -2.31. The zero-order valence-corrected chi connectivity index (χ0v) is 14.6. The standard InChI is InChI=1S/C19H18F2N2O3/c1-9-12(8-22)14(11-6-7-13(20)16(21)18(11)26-3)15(19(24)25)17(23(9)2)10-4-5-10/h6-7,10,14H,4-5H2,1-3H3,(H,24,25). The van der Waals surface area contributed by atoms with Crippen LogP contribution in [0.2, 0.25) is 0 Å². The van der Waals surface area contributed by atoms with Crippen LogP contribution in [0.3, 0.4) is 0 Å². The number of carboxylic acids is 1. The summed E-state index contributed by atoms with van der Waals surface area (Å²) in [5.41, 5.74) is 1.54. The fraction of sp³-hybridized carbons (Fsp3) is 0.368. The highest BCUT2D eigenvalue weighted by atomic mass is 19.2. The van der Waals surface area contributed by atoms with E-state index in [1.54, 1.807) is 18.9 Å². The van der Waals surface area contributed by atoms with Crippen molar-refractivity contribution in [3.63, 3.8) is 0 Å². The molecule has 0 saturated heterocycles. The third kappa shape index (κ3) is 2.62. The van der Waals surface area contributed by atoms with Gasteiger partial charge in [0.1, 0.15) is 0 Å². The van der Waals surface area contributed by atoms with E-state index in [2.05, 4.69) is 6.07 Å². The second-order valence-corrected chi connectivity index (χ2v) is 6.47. The number of benzene rings is 1. The lowest BCUT2D eigenvalue weighted by molar-refractivity contribution is -0.133. The first kappa shape index (κ1) is 17.9. The Morgan fingerprint density at radius 2 is 2.04 bits per heavy atom.